The zero-order valence-corrected chi connectivity index (χ0v) is 30.6. The zero-order valence-electron chi connectivity index (χ0n) is 29.6. The lowest BCUT2D eigenvalue weighted by Gasteiger charge is -2.56. The molecule has 0 unspecified atom stereocenters. The van der Waals surface area contributed by atoms with Crippen molar-refractivity contribution in [3.63, 3.8) is 0 Å². The number of rotatable bonds is 9. The lowest BCUT2D eigenvalue weighted by Crippen LogP contribution is -2.70. The zero-order chi connectivity index (χ0) is 33.9. The fourth-order valence-corrected chi connectivity index (χ4v) is 14.0. The van der Waals surface area contributed by atoms with Gasteiger partial charge in [0.2, 0.25) is 0 Å². The van der Waals surface area contributed by atoms with E-state index >= 15 is 0 Å². The van der Waals surface area contributed by atoms with Gasteiger partial charge in [0.1, 0.15) is 11.7 Å². The van der Waals surface area contributed by atoms with Crippen molar-refractivity contribution in [3.05, 3.63) is 109 Å². The first kappa shape index (κ1) is 34.8. The van der Waals surface area contributed by atoms with Gasteiger partial charge in [-0.3, -0.25) is 0 Å². The van der Waals surface area contributed by atoms with Crippen molar-refractivity contribution in [1.82, 2.24) is 0 Å². The summed E-state index contributed by atoms with van der Waals surface area (Å²) in [6.45, 7) is 32.5. The van der Waals surface area contributed by atoms with Gasteiger partial charge in [-0.25, -0.2) is 0 Å². The van der Waals surface area contributed by atoms with Crippen LogP contribution < -0.4 is 10.4 Å². The third-order valence-corrected chi connectivity index (χ3v) is 15.9. The summed E-state index contributed by atoms with van der Waals surface area (Å²) in [7, 11) is -2.89. The Morgan fingerprint density at radius 3 is 2.00 bits per heavy atom. The Bertz CT molecular complexity index is 1450. The Labute approximate surface area is 279 Å². The van der Waals surface area contributed by atoms with E-state index in [4.69, 9.17) is 13.9 Å². The number of hydrogen-bond acceptors (Lipinski definition) is 4. The summed E-state index contributed by atoms with van der Waals surface area (Å²) in [5.41, 5.74) is 0.819. The summed E-state index contributed by atoms with van der Waals surface area (Å²) in [4.78, 5) is 0. The van der Waals surface area contributed by atoms with Crippen LogP contribution in [-0.2, 0) is 13.9 Å². The molecule has 2 aromatic carbocycles. The predicted molar refractivity (Wildman–Crippen MR) is 193 cm³/mol. The molecule has 0 aromatic heterocycles. The number of ether oxygens (including phenoxy) is 2. The maximum Gasteiger partial charge on any atom is 0.261 e. The molecule has 8 atom stereocenters. The maximum atomic E-state index is 13.4. The van der Waals surface area contributed by atoms with Gasteiger partial charge in [-0.1, -0.05) is 125 Å². The van der Waals surface area contributed by atoms with Gasteiger partial charge < -0.3 is 19.0 Å². The van der Waals surface area contributed by atoms with E-state index in [0.717, 1.165) is 16.7 Å². The molecule has 1 N–H and O–H groups in total. The second kappa shape index (κ2) is 12.2. The summed E-state index contributed by atoms with van der Waals surface area (Å²) < 4.78 is 21.3. The second-order valence-electron chi connectivity index (χ2n) is 15.9. The highest BCUT2D eigenvalue weighted by Gasteiger charge is 2.68. The van der Waals surface area contributed by atoms with Crippen molar-refractivity contribution in [2.24, 2.45) is 23.7 Å². The number of fused-ring (bicyclic) bond motifs is 1. The van der Waals surface area contributed by atoms with Crippen LogP contribution in [0.25, 0.3) is 0 Å². The molecule has 248 valence electrons. The minimum absolute atomic E-state index is 0.0622. The van der Waals surface area contributed by atoms with E-state index in [1.54, 1.807) is 0 Å². The Kier molecular flexibility index (Phi) is 9.20. The van der Waals surface area contributed by atoms with Crippen LogP contribution in [0.5, 0.6) is 0 Å². The first-order valence-corrected chi connectivity index (χ1v) is 18.9. The van der Waals surface area contributed by atoms with E-state index in [2.05, 4.69) is 128 Å². The van der Waals surface area contributed by atoms with Gasteiger partial charge in [-0.2, -0.15) is 0 Å². The molecule has 46 heavy (non-hydrogen) atoms. The van der Waals surface area contributed by atoms with Crippen LogP contribution >= 0.6 is 0 Å². The third kappa shape index (κ3) is 5.46. The first-order valence-electron chi connectivity index (χ1n) is 17.0. The van der Waals surface area contributed by atoms with Gasteiger partial charge in [0.05, 0.1) is 11.7 Å². The molecular formula is C41H56O4Si. The standard InChI is InChI=1S/C41H56O4Si/c1-13-33-36(28(4)5)34(44-46(38(8,9)10,31-20-16-14-17-21-31)32-22-18-15-19-23-32)25-30(7)41(33,42)35-24-29(6)37-40(35,26-27(2)3)45-39(11,12)43-37/h13-24,29-30,33-34,36-37,42H,1-2,4,25-26H2,3,5-12H3/t29-,30+,33-,34-,36-,37-,40+,41+/m0/s1. The lowest BCUT2D eigenvalue weighted by atomic mass is 9.56. The molecule has 0 amide bonds. The van der Waals surface area contributed by atoms with Crippen molar-refractivity contribution < 1.29 is 19.0 Å². The van der Waals surface area contributed by atoms with Gasteiger partial charge in [-0.15, -0.1) is 13.2 Å². The average molecular weight is 641 g/mol. The molecule has 5 heteroatoms. The predicted octanol–water partition coefficient (Wildman–Crippen LogP) is 8.13. The third-order valence-electron chi connectivity index (χ3n) is 10.9. The molecule has 2 fully saturated rings. The normalized spacial score (nSPS) is 34.1. The molecule has 1 aliphatic heterocycles. The number of benzene rings is 2. The van der Waals surface area contributed by atoms with E-state index in [-0.39, 0.29) is 40.9 Å². The quantitative estimate of drug-likeness (QED) is 0.222. The smallest absolute Gasteiger partial charge is 0.261 e. The Balaban J connectivity index is 1.67. The highest BCUT2D eigenvalue weighted by molar-refractivity contribution is 6.99. The van der Waals surface area contributed by atoms with Crippen LogP contribution in [0.3, 0.4) is 0 Å². The van der Waals surface area contributed by atoms with Crippen molar-refractivity contribution >= 4 is 18.7 Å². The second-order valence-corrected chi connectivity index (χ2v) is 20.2. The van der Waals surface area contributed by atoms with E-state index in [9.17, 15) is 5.11 Å². The molecule has 0 spiro atoms. The summed E-state index contributed by atoms with van der Waals surface area (Å²) in [5, 5.41) is 15.7. The largest absolute Gasteiger partial charge is 0.404 e. The molecule has 3 aliphatic rings. The number of hydrogen-bond donors (Lipinski definition) is 1. The minimum atomic E-state index is -2.89. The Hall–Kier alpha value is -2.54. The van der Waals surface area contributed by atoms with Gasteiger partial charge in [0, 0.05) is 24.2 Å². The SMILES string of the molecule is C=C[C@H]1[C@H](C(=C)C)[C@@H](O[Si](c2ccccc2)(c2ccccc2)C(C)(C)C)C[C@@H](C)[C@]1(O)C1=C[C@H](C)[C@@H]2OC(C)(C)O[C@]12CC(=C)C. The van der Waals surface area contributed by atoms with E-state index < -0.39 is 25.3 Å². The molecule has 0 bridgehead atoms. The van der Waals surface area contributed by atoms with Crippen molar-refractivity contribution in [1.29, 1.82) is 0 Å². The molecule has 1 heterocycles. The molecular weight excluding hydrogens is 585 g/mol. The lowest BCUT2D eigenvalue weighted by molar-refractivity contribution is -0.171. The molecule has 2 aromatic rings. The van der Waals surface area contributed by atoms with Crippen LogP contribution in [0.2, 0.25) is 5.04 Å². The molecule has 1 saturated heterocycles. The fourth-order valence-electron chi connectivity index (χ4n) is 9.25. The summed E-state index contributed by atoms with van der Waals surface area (Å²) in [5.74, 6) is -1.42. The molecule has 5 rings (SSSR count). The highest BCUT2D eigenvalue weighted by atomic mass is 28.4. The monoisotopic (exact) mass is 640 g/mol. The highest BCUT2D eigenvalue weighted by Crippen LogP contribution is 2.61. The topological polar surface area (TPSA) is 47.9 Å². The number of aliphatic hydroxyl groups is 1. The van der Waals surface area contributed by atoms with Crippen molar-refractivity contribution in [3.8, 4) is 0 Å². The average Bonchev–Trinajstić information content (AvgIpc) is 3.39. The first-order chi connectivity index (χ1) is 21.4. The van der Waals surface area contributed by atoms with Crippen LogP contribution in [0, 0.1) is 23.7 Å². The van der Waals surface area contributed by atoms with E-state index in [1.807, 2.05) is 26.8 Å². The minimum Gasteiger partial charge on any atom is -0.404 e. The molecule has 0 radical (unpaired) electrons. The van der Waals surface area contributed by atoms with E-state index in [0.29, 0.717) is 12.8 Å². The van der Waals surface area contributed by atoms with Gasteiger partial charge >= 0.3 is 0 Å². The molecule has 4 nitrogen and oxygen atoms in total. The van der Waals surface area contributed by atoms with Crippen LogP contribution in [-0.4, -0.2) is 42.6 Å². The van der Waals surface area contributed by atoms with Crippen LogP contribution in [0.15, 0.2) is 109 Å². The Morgan fingerprint density at radius 1 is 1.00 bits per heavy atom. The summed E-state index contributed by atoms with van der Waals surface area (Å²) >= 11 is 0. The Morgan fingerprint density at radius 2 is 1.54 bits per heavy atom. The summed E-state index contributed by atoms with van der Waals surface area (Å²) in [6.07, 6.45) is 5.00. The van der Waals surface area contributed by atoms with E-state index in [1.165, 1.54) is 10.4 Å². The van der Waals surface area contributed by atoms with Crippen LogP contribution in [0.4, 0.5) is 0 Å². The molecule has 2 aliphatic carbocycles. The molecule has 1 saturated carbocycles. The van der Waals surface area contributed by atoms with Gasteiger partial charge in [-0.05, 0) is 61.0 Å². The summed E-state index contributed by atoms with van der Waals surface area (Å²) in [6, 6.07) is 21.6. The van der Waals surface area contributed by atoms with Gasteiger partial charge in [0.25, 0.3) is 8.32 Å². The van der Waals surface area contributed by atoms with Gasteiger partial charge in [0.15, 0.2) is 5.79 Å². The van der Waals surface area contributed by atoms with Crippen molar-refractivity contribution in [2.75, 3.05) is 0 Å². The van der Waals surface area contributed by atoms with Crippen LogP contribution in [0.1, 0.15) is 75.2 Å². The van der Waals surface area contributed by atoms with Crippen molar-refractivity contribution in [2.45, 2.75) is 109 Å². The fraction of sp³-hybridized carbons (Fsp3) is 0.512. The maximum absolute atomic E-state index is 13.4.